The number of nitrogens with one attached hydrogen (secondary N) is 1. The third kappa shape index (κ3) is 4.00. The zero-order chi connectivity index (χ0) is 15.9. The summed E-state index contributed by atoms with van der Waals surface area (Å²) < 4.78 is 5.32. The van der Waals surface area contributed by atoms with E-state index < -0.39 is 0 Å². The predicted octanol–water partition coefficient (Wildman–Crippen LogP) is 1.61. The minimum absolute atomic E-state index is 0.00464. The van der Waals surface area contributed by atoms with Crippen LogP contribution in [0.15, 0.2) is 24.3 Å². The van der Waals surface area contributed by atoms with Crippen molar-refractivity contribution in [3.8, 4) is 5.75 Å². The Balaban J connectivity index is 1.88. The maximum absolute atomic E-state index is 12.1. The summed E-state index contributed by atoms with van der Waals surface area (Å²) in [5.74, 6) is 0.685. The van der Waals surface area contributed by atoms with Crippen LogP contribution in [0.25, 0.3) is 0 Å². The Kier molecular flexibility index (Phi) is 5.81. The van der Waals surface area contributed by atoms with Crippen molar-refractivity contribution in [3.05, 3.63) is 29.8 Å². The quantitative estimate of drug-likeness (QED) is 0.832. The first-order valence-corrected chi connectivity index (χ1v) is 7.83. The Hall–Kier alpha value is -2.04. The van der Waals surface area contributed by atoms with Crippen molar-refractivity contribution in [1.82, 2.24) is 10.2 Å². The van der Waals surface area contributed by atoms with Gasteiger partial charge in [-0.25, -0.2) is 0 Å². The molecule has 1 aliphatic rings. The van der Waals surface area contributed by atoms with Gasteiger partial charge in [-0.1, -0.05) is 25.1 Å². The number of carbonyl (C=O) groups excluding carboxylic acids is 2. The van der Waals surface area contributed by atoms with Gasteiger partial charge in [0.2, 0.25) is 11.8 Å². The maximum atomic E-state index is 12.1. The minimum atomic E-state index is -0.211. The molecule has 1 aromatic rings. The van der Waals surface area contributed by atoms with Gasteiger partial charge in [-0.15, -0.1) is 0 Å². The smallest absolute Gasteiger partial charge is 0.225 e. The molecule has 0 bridgehead atoms. The zero-order valence-corrected chi connectivity index (χ0v) is 13.3. The van der Waals surface area contributed by atoms with Crippen LogP contribution in [0.2, 0.25) is 0 Å². The molecule has 1 atom stereocenters. The molecule has 0 aliphatic carbocycles. The molecule has 1 fully saturated rings. The Morgan fingerprint density at radius 2 is 2.18 bits per heavy atom. The number of ether oxygens (including phenoxy) is 1. The van der Waals surface area contributed by atoms with E-state index in [4.69, 9.17) is 4.74 Å². The number of carbonyl (C=O) groups is 2. The van der Waals surface area contributed by atoms with Crippen molar-refractivity contribution in [3.63, 3.8) is 0 Å². The summed E-state index contributed by atoms with van der Waals surface area (Å²) in [6.45, 7) is 3.82. The van der Waals surface area contributed by atoms with Crippen molar-refractivity contribution < 1.29 is 14.3 Å². The van der Waals surface area contributed by atoms with Crippen LogP contribution in [0.1, 0.15) is 25.3 Å². The molecule has 1 aliphatic heterocycles. The maximum Gasteiger partial charge on any atom is 0.225 e. The molecular weight excluding hydrogens is 280 g/mol. The molecule has 22 heavy (non-hydrogen) atoms. The second kappa shape index (κ2) is 7.82. The van der Waals surface area contributed by atoms with Gasteiger partial charge in [0.15, 0.2) is 0 Å². The Bertz CT molecular complexity index is 530. The highest BCUT2D eigenvalue weighted by atomic mass is 16.5. The first-order valence-electron chi connectivity index (χ1n) is 7.83. The van der Waals surface area contributed by atoms with Gasteiger partial charge in [0.25, 0.3) is 0 Å². The van der Waals surface area contributed by atoms with Crippen LogP contribution in [0.5, 0.6) is 5.75 Å². The third-order valence-electron chi connectivity index (χ3n) is 3.98. The lowest BCUT2D eigenvalue weighted by Gasteiger charge is -2.17. The Morgan fingerprint density at radius 1 is 1.41 bits per heavy atom. The second-order valence-electron chi connectivity index (χ2n) is 5.59. The molecule has 0 radical (unpaired) electrons. The molecule has 1 heterocycles. The number of likely N-dealkylation sites (tertiary alicyclic amines) is 1. The molecular formula is C17H24N2O3. The van der Waals surface area contributed by atoms with Crippen molar-refractivity contribution in [2.75, 3.05) is 26.7 Å². The van der Waals surface area contributed by atoms with Crippen LogP contribution >= 0.6 is 0 Å². The van der Waals surface area contributed by atoms with Gasteiger partial charge in [-0.05, 0) is 24.5 Å². The molecule has 0 spiro atoms. The standard InChI is InChI=1S/C17H24N2O3/c1-3-9-18-17(21)14-11-16(20)19(12-14)10-8-13-6-4-5-7-15(13)22-2/h4-7,14H,3,8-12H2,1-2H3,(H,18,21). The number of para-hydroxylation sites is 1. The number of hydrogen-bond acceptors (Lipinski definition) is 3. The van der Waals surface area contributed by atoms with Crippen LogP contribution in [0.4, 0.5) is 0 Å². The lowest BCUT2D eigenvalue weighted by atomic mass is 10.1. The average Bonchev–Trinajstić information content (AvgIpc) is 2.92. The predicted molar refractivity (Wildman–Crippen MR) is 84.7 cm³/mol. The average molecular weight is 304 g/mol. The molecule has 120 valence electrons. The number of rotatable bonds is 7. The number of amides is 2. The molecule has 1 saturated heterocycles. The van der Waals surface area contributed by atoms with Crippen LogP contribution in [-0.4, -0.2) is 43.5 Å². The molecule has 1 unspecified atom stereocenters. The molecule has 2 rings (SSSR count). The van der Waals surface area contributed by atoms with E-state index in [-0.39, 0.29) is 17.7 Å². The van der Waals surface area contributed by atoms with E-state index >= 15 is 0 Å². The van der Waals surface area contributed by atoms with E-state index in [1.165, 1.54) is 0 Å². The van der Waals surface area contributed by atoms with Crippen LogP contribution in [-0.2, 0) is 16.0 Å². The zero-order valence-electron chi connectivity index (χ0n) is 13.3. The van der Waals surface area contributed by atoms with Gasteiger partial charge < -0.3 is 15.0 Å². The summed E-state index contributed by atoms with van der Waals surface area (Å²) >= 11 is 0. The summed E-state index contributed by atoms with van der Waals surface area (Å²) in [6.07, 6.45) is 1.96. The fraction of sp³-hybridized carbons (Fsp3) is 0.529. The highest BCUT2D eigenvalue weighted by Gasteiger charge is 2.33. The summed E-state index contributed by atoms with van der Waals surface area (Å²) in [5, 5.41) is 2.87. The summed E-state index contributed by atoms with van der Waals surface area (Å²) in [4.78, 5) is 25.8. The first-order chi connectivity index (χ1) is 10.7. The van der Waals surface area contributed by atoms with Gasteiger partial charge in [0, 0.05) is 26.1 Å². The largest absolute Gasteiger partial charge is 0.496 e. The number of benzene rings is 1. The van der Waals surface area contributed by atoms with Crippen molar-refractivity contribution in [2.45, 2.75) is 26.2 Å². The van der Waals surface area contributed by atoms with E-state index in [1.807, 2.05) is 31.2 Å². The number of hydrogen-bond donors (Lipinski definition) is 1. The van der Waals surface area contributed by atoms with Gasteiger partial charge in [0.1, 0.15) is 5.75 Å². The summed E-state index contributed by atoms with van der Waals surface area (Å²) in [7, 11) is 1.65. The second-order valence-corrected chi connectivity index (χ2v) is 5.59. The fourth-order valence-corrected chi connectivity index (χ4v) is 2.72. The molecule has 1 N–H and O–H groups in total. The Labute approximate surface area is 131 Å². The topological polar surface area (TPSA) is 58.6 Å². The van der Waals surface area contributed by atoms with E-state index in [0.717, 1.165) is 24.2 Å². The van der Waals surface area contributed by atoms with Gasteiger partial charge >= 0.3 is 0 Å². The molecule has 2 amide bonds. The first kappa shape index (κ1) is 16.3. The monoisotopic (exact) mass is 304 g/mol. The van der Waals surface area contributed by atoms with E-state index in [9.17, 15) is 9.59 Å². The fourth-order valence-electron chi connectivity index (χ4n) is 2.72. The van der Waals surface area contributed by atoms with Crippen LogP contribution in [0.3, 0.4) is 0 Å². The van der Waals surface area contributed by atoms with Gasteiger partial charge in [-0.3, -0.25) is 9.59 Å². The van der Waals surface area contributed by atoms with E-state index in [2.05, 4.69) is 5.32 Å². The van der Waals surface area contributed by atoms with Crippen LogP contribution < -0.4 is 10.1 Å². The Morgan fingerprint density at radius 3 is 2.91 bits per heavy atom. The third-order valence-corrected chi connectivity index (χ3v) is 3.98. The summed E-state index contributed by atoms with van der Waals surface area (Å²) in [6, 6.07) is 7.81. The van der Waals surface area contributed by atoms with Crippen molar-refractivity contribution in [1.29, 1.82) is 0 Å². The molecule has 0 aromatic heterocycles. The van der Waals surface area contributed by atoms with Gasteiger partial charge in [-0.2, -0.15) is 0 Å². The minimum Gasteiger partial charge on any atom is -0.496 e. The highest BCUT2D eigenvalue weighted by molar-refractivity contribution is 5.89. The van der Waals surface area contributed by atoms with E-state index in [0.29, 0.717) is 26.1 Å². The van der Waals surface area contributed by atoms with Crippen molar-refractivity contribution in [2.24, 2.45) is 5.92 Å². The number of methoxy groups -OCH3 is 1. The van der Waals surface area contributed by atoms with Crippen LogP contribution in [0, 0.1) is 5.92 Å². The molecule has 1 aromatic carbocycles. The SMILES string of the molecule is CCCNC(=O)C1CC(=O)N(CCc2ccccc2OC)C1. The van der Waals surface area contributed by atoms with Crippen molar-refractivity contribution >= 4 is 11.8 Å². The van der Waals surface area contributed by atoms with E-state index in [1.54, 1.807) is 12.0 Å². The molecule has 5 nitrogen and oxygen atoms in total. The number of nitrogens with zero attached hydrogens (tertiary/aromatic N) is 1. The normalized spacial score (nSPS) is 17.6. The lowest BCUT2D eigenvalue weighted by Crippen LogP contribution is -2.33. The molecule has 0 saturated carbocycles. The summed E-state index contributed by atoms with van der Waals surface area (Å²) in [5.41, 5.74) is 1.08. The molecule has 5 heteroatoms. The van der Waals surface area contributed by atoms with Gasteiger partial charge in [0.05, 0.1) is 13.0 Å². The lowest BCUT2D eigenvalue weighted by molar-refractivity contribution is -0.129. The highest BCUT2D eigenvalue weighted by Crippen LogP contribution is 2.21.